The summed E-state index contributed by atoms with van der Waals surface area (Å²) < 4.78 is 27.2. The van der Waals surface area contributed by atoms with Gasteiger partial charge in [0.1, 0.15) is 0 Å². The molecule has 0 heterocycles. The number of hydrogen-bond donors (Lipinski definition) is 1. The summed E-state index contributed by atoms with van der Waals surface area (Å²) in [6.07, 6.45) is 1.55. The van der Waals surface area contributed by atoms with E-state index in [9.17, 15) is 13.5 Å². The van der Waals surface area contributed by atoms with Crippen LogP contribution in [-0.2, 0) is 10.0 Å². The number of rotatable bonds is 6. The molecule has 0 aliphatic carbocycles. The Bertz CT molecular complexity index is 768. The maximum absolute atomic E-state index is 12.6. The van der Waals surface area contributed by atoms with Crippen LogP contribution in [0.15, 0.2) is 58.4 Å². The van der Waals surface area contributed by atoms with E-state index in [1.165, 1.54) is 4.31 Å². The average molecular weight is 396 g/mol. The van der Waals surface area contributed by atoms with Gasteiger partial charge in [0.25, 0.3) is 10.0 Å². The predicted molar refractivity (Wildman–Crippen MR) is 97.7 cm³/mol. The zero-order chi connectivity index (χ0) is 16.9. The third kappa shape index (κ3) is 4.92. The number of aliphatic hydroxyl groups excluding tert-OH is 1. The summed E-state index contributed by atoms with van der Waals surface area (Å²) in [4.78, 5) is 0. The van der Waals surface area contributed by atoms with Crippen molar-refractivity contribution in [1.29, 1.82) is 0 Å². The lowest BCUT2D eigenvalue weighted by Crippen LogP contribution is -2.31. The van der Waals surface area contributed by atoms with E-state index in [0.29, 0.717) is 5.69 Å². The molecule has 122 valence electrons. The third-order valence-corrected chi connectivity index (χ3v) is 5.25. The molecule has 0 unspecified atom stereocenters. The van der Waals surface area contributed by atoms with Crippen molar-refractivity contribution >= 4 is 37.7 Å². The van der Waals surface area contributed by atoms with Gasteiger partial charge in [-0.3, -0.25) is 4.31 Å². The molecule has 23 heavy (non-hydrogen) atoms. The Balaban J connectivity index is 2.29. The fourth-order valence-electron chi connectivity index (χ4n) is 2.02. The normalized spacial score (nSPS) is 11.8. The van der Waals surface area contributed by atoms with Crippen molar-refractivity contribution in [3.63, 3.8) is 0 Å². The van der Waals surface area contributed by atoms with Gasteiger partial charge in [-0.05, 0) is 42.8 Å². The topological polar surface area (TPSA) is 57.6 Å². The zero-order valence-electron chi connectivity index (χ0n) is 12.7. The van der Waals surface area contributed by atoms with Crippen LogP contribution in [0.5, 0.6) is 0 Å². The molecular weight excluding hydrogens is 378 g/mol. The zero-order valence-corrected chi connectivity index (χ0v) is 15.1. The van der Waals surface area contributed by atoms with Gasteiger partial charge in [0.2, 0.25) is 0 Å². The van der Waals surface area contributed by atoms with Gasteiger partial charge in [-0.25, -0.2) is 8.42 Å². The van der Waals surface area contributed by atoms with Crippen molar-refractivity contribution in [3.05, 3.63) is 69.5 Å². The van der Waals surface area contributed by atoms with Crippen LogP contribution in [0.25, 0.3) is 6.08 Å². The lowest BCUT2D eigenvalue weighted by atomic mass is 10.2. The van der Waals surface area contributed by atoms with Crippen LogP contribution >= 0.6 is 15.9 Å². The highest BCUT2D eigenvalue weighted by atomic mass is 79.9. The molecule has 0 bridgehead atoms. The smallest absolute Gasteiger partial charge is 0.257 e. The van der Waals surface area contributed by atoms with Crippen molar-refractivity contribution in [1.82, 2.24) is 0 Å². The first kappa shape index (κ1) is 17.7. The number of anilines is 1. The SMILES string of the molecule is Cc1ccc(/C=C/S(=O)(=O)N(CCO)c2ccc(Br)cc2)cc1. The first-order valence-corrected chi connectivity index (χ1v) is 9.36. The molecule has 0 spiro atoms. The van der Waals surface area contributed by atoms with E-state index in [-0.39, 0.29) is 13.2 Å². The van der Waals surface area contributed by atoms with E-state index in [0.717, 1.165) is 21.0 Å². The van der Waals surface area contributed by atoms with Gasteiger partial charge in [0.15, 0.2) is 0 Å². The largest absolute Gasteiger partial charge is 0.394 e. The van der Waals surface area contributed by atoms with Crippen LogP contribution in [0, 0.1) is 6.92 Å². The number of hydrogen-bond acceptors (Lipinski definition) is 3. The minimum atomic E-state index is -3.68. The molecule has 0 saturated heterocycles. The minimum absolute atomic E-state index is 0.00219. The molecule has 0 radical (unpaired) electrons. The summed E-state index contributed by atoms with van der Waals surface area (Å²) in [6, 6.07) is 14.5. The van der Waals surface area contributed by atoms with Crippen molar-refractivity contribution in [2.24, 2.45) is 0 Å². The number of halogens is 1. The molecule has 6 heteroatoms. The third-order valence-electron chi connectivity index (χ3n) is 3.23. The molecule has 0 aliphatic heterocycles. The molecule has 2 aromatic rings. The summed E-state index contributed by atoms with van der Waals surface area (Å²) in [5.41, 5.74) is 2.43. The van der Waals surface area contributed by atoms with Gasteiger partial charge < -0.3 is 5.11 Å². The Morgan fingerprint density at radius 1 is 1.09 bits per heavy atom. The summed E-state index contributed by atoms with van der Waals surface area (Å²) in [6.45, 7) is 1.72. The first-order chi connectivity index (χ1) is 10.9. The maximum atomic E-state index is 12.6. The second-order valence-corrected chi connectivity index (χ2v) is 7.69. The number of nitrogens with zero attached hydrogens (tertiary/aromatic N) is 1. The lowest BCUT2D eigenvalue weighted by molar-refractivity contribution is 0.307. The second kappa shape index (κ2) is 7.77. The molecule has 0 saturated carbocycles. The average Bonchev–Trinajstić information content (AvgIpc) is 2.53. The van der Waals surface area contributed by atoms with Gasteiger partial charge in [-0.1, -0.05) is 45.8 Å². The van der Waals surface area contributed by atoms with Crippen LogP contribution in [0.3, 0.4) is 0 Å². The van der Waals surface area contributed by atoms with Gasteiger partial charge in [0, 0.05) is 4.47 Å². The summed E-state index contributed by atoms with van der Waals surface area (Å²) in [5.74, 6) is 0. The van der Waals surface area contributed by atoms with E-state index in [2.05, 4.69) is 15.9 Å². The molecule has 0 fully saturated rings. The van der Waals surface area contributed by atoms with E-state index in [1.807, 2.05) is 31.2 Å². The molecule has 1 N–H and O–H groups in total. The molecule has 0 aromatic heterocycles. The Morgan fingerprint density at radius 2 is 1.70 bits per heavy atom. The highest BCUT2D eigenvalue weighted by molar-refractivity contribution is 9.10. The van der Waals surface area contributed by atoms with Crippen molar-refractivity contribution in [2.75, 3.05) is 17.5 Å². The fourth-order valence-corrected chi connectivity index (χ4v) is 3.51. The summed E-state index contributed by atoms with van der Waals surface area (Å²) in [5, 5.41) is 10.4. The molecule has 0 amide bonds. The summed E-state index contributed by atoms with van der Waals surface area (Å²) in [7, 11) is -3.68. The van der Waals surface area contributed by atoms with Crippen LogP contribution < -0.4 is 4.31 Å². The van der Waals surface area contributed by atoms with Gasteiger partial charge in [0.05, 0.1) is 24.2 Å². The van der Waals surface area contributed by atoms with E-state index in [1.54, 1.807) is 30.3 Å². The Hall–Kier alpha value is -1.63. The van der Waals surface area contributed by atoms with Crippen LogP contribution in [0.4, 0.5) is 5.69 Å². The van der Waals surface area contributed by atoms with Crippen molar-refractivity contribution in [3.8, 4) is 0 Å². The number of benzene rings is 2. The Kier molecular flexibility index (Phi) is 5.98. The highest BCUT2D eigenvalue weighted by Crippen LogP contribution is 2.22. The van der Waals surface area contributed by atoms with Crippen molar-refractivity contribution in [2.45, 2.75) is 6.92 Å². The Morgan fingerprint density at radius 3 is 2.26 bits per heavy atom. The lowest BCUT2D eigenvalue weighted by Gasteiger charge is -2.21. The Labute approximate surface area is 145 Å². The van der Waals surface area contributed by atoms with E-state index < -0.39 is 10.0 Å². The minimum Gasteiger partial charge on any atom is -0.394 e. The van der Waals surface area contributed by atoms with Gasteiger partial charge in [-0.2, -0.15) is 0 Å². The predicted octanol–water partition coefficient (Wildman–Crippen LogP) is 3.56. The quantitative estimate of drug-likeness (QED) is 0.813. The fraction of sp³-hybridized carbons (Fsp3) is 0.176. The number of aliphatic hydroxyl groups is 1. The van der Waals surface area contributed by atoms with Gasteiger partial charge >= 0.3 is 0 Å². The van der Waals surface area contributed by atoms with E-state index >= 15 is 0 Å². The van der Waals surface area contributed by atoms with Gasteiger partial charge in [-0.15, -0.1) is 0 Å². The molecule has 2 rings (SSSR count). The van der Waals surface area contributed by atoms with E-state index in [4.69, 9.17) is 0 Å². The van der Waals surface area contributed by atoms with Crippen LogP contribution in [-0.4, -0.2) is 26.7 Å². The molecule has 2 aromatic carbocycles. The summed E-state index contributed by atoms with van der Waals surface area (Å²) >= 11 is 3.32. The molecule has 4 nitrogen and oxygen atoms in total. The molecular formula is C17H18BrNO3S. The second-order valence-electron chi connectivity index (χ2n) is 5.03. The van der Waals surface area contributed by atoms with Crippen molar-refractivity contribution < 1.29 is 13.5 Å². The molecule has 0 aliphatic rings. The first-order valence-electron chi connectivity index (χ1n) is 7.06. The van der Waals surface area contributed by atoms with Crippen LogP contribution in [0.2, 0.25) is 0 Å². The monoisotopic (exact) mass is 395 g/mol. The number of sulfonamides is 1. The number of aryl methyl sites for hydroxylation is 1. The maximum Gasteiger partial charge on any atom is 0.257 e. The standard InChI is InChI=1S/C17H18BrNO3S/c1-14-2-4-15(5-3-14)10-13-23(21,22)19(11-12-20)17-8-6-16(18)7-9-17/h2-10,13,20H,11-12H2,1H3/b13-10+. The molecule has 0 atom stereocenters. The van der Waals surface area contributed by atoms with Crippen LogP contribution in [0.1, 0.15) is 11.1 Å². The highest BCUT2D eigenvalue weighted by Gasteiger charge is 2.19.